The van der Waals surface area contributed by atoms with Gasteiger partial charge in [-0.2, -0.15) is 4.98 Å². The molecule has 0 aliphatic heterocycles. The third-order valence-corrected chi connectivity index (χ3v) is 2.63. The minimum absolute atomic E-state index is 0.327. The molecule has 2 aromatic heterocycles. The van der Waals surface area contributed by atoms with Crippen LogP contribution in [0.1, 0.15) is 11.7 Å². The quantitative estimate of drug-likeness (QED) is 0.584. The van der Waals surface area contributed by atoms with Crippen LogP contribution in [0.2, 0.25) is 10.0 Å². The summed E-state index contributed by atoms with van der Waals surface area (Å²) in [6.45, 7) is 2.04. The molecule has 0 fully saturated rings. The Labute approximate surface area is 113 Å². The minimum Gasteiger partial charge on any atom is -0.361 e. The van der Waals surface area contributed by atoms with Crippen LogP contribution in [0, 0.1) is 6.92 Å². The van der Waals surface area contributed by atoms with Gasteiger partial charge >= 0.3 is 0 Å². The molecule has 0 aliphatic rings. The summed E-state index contributed by atoms with van der Waals surface area (Å²) in [6.07, 6.45) is 0. The number of nitrogens with one attached hydrogen (secondary N) is 2. The lowest BCUT2D eigenvalue weighted by Gasteiger charge is -2.09. The molecule has 0 saturated heterocycles. The fourth-order valence-electron chi connectivity index (χ4n) is 1.27. The van der Waals surface area contributed by atoms with Gasteiger partial charge < -0.3 is 15.3 Å². The van der Waals surface area contributed by atoms with Crippen LogP contribution in [0.4, 0.5) is 11.6 Å². The zero-order chi connectivity index (χ0) is 13.1. The maximum atomic E-state index is 5.99. The van der Waals surface area contributed by atoms with Crippen molar-refractivity contribution in [1.29, 1.82) is 0 Å². The largest absolute Gasteiger partial charge is 0.361 e. The van der Waals surface area contributed by atoms with Crippen molar-refractivity contribution < 1.29 is 4.52 Å². The SMILES string of the molecule is Cc1nc(CNc2nc(NN)c(Cl)cc2Cl)no1. The van der Waals surface area contributed by atoms with Gasteiger partial charge in [-0.1, -0.05) is 28.4 Å². The summed E-state index contributed by atoms with van der Waals surface area (Å²) >= 11 is 11.9. The van der Waals surface area contributed by atoms with E-state index in [0.29, 0.717) is 39.9 Å². The second kappa shape index (κ2) is 5.38. The Balaban J connectivity index is 2.13. The molecular weight excluding hydrogens is 279 g/mol. The van der Waals surface area contributed by atoms with E-state index in [1.807, 2.05) is 0 Å². The molecule has 2 aromatic rings. The standard InChI is InChI=1S/C9H10Cl2N6O/c1-4-14-7(17-18-4)3-13-8-5(10)2-6(11)9(15-8)16-12/h2H,3,12H2,1H3,(H2,13,15,16). The van der Waals surface area contributed by atoms with E-state index in [9.17, 15) is 0 Å². The average molecular weight is 289 g/mol. The predicted octanol–water partition coefficient (Wildman–Crippen LogP) is 1.98. The van der Waals surface area contributed by atoms with E-state index in [0.717, 1.165) is 0 Å². The smallest absolute Gasteiger partial charge is 0.223 e. The fraction of sp³-hybridized carbons (Fsp3) is 0.222. The van der Waals surface area contributed by atoms with Gasteiger partial charge in [-0.15, -0.1) is 0 Å². The Morgan fingerprint density at radius 3 is 2.61 bits per heavy atom. The van der Waals surface area contributed by atoms with Crippen molar-refractivity contribution in [2.75, 3.05) is 10.7 Å². The van der Waals surface area contributed by atoms with Gasteiger partial charge in [0.25, 0.3) is 0 Å². The van der Waals surface area contributed by atoms with Crippen LogP contribution in [-0.4, -0.2) is 15.1 Å². The number of aryl methyl sites for hydroxylation is 1. The summed E-state index contributed by atoms with van der Waals surface area (Å²) in [5.41, 5.74) is 2.37. The monoisotopic (exact) mass is 288 g/mol. The van der Waals surface area contributed by atoms with Crippen LogP contribution >= 0.6 is 23.2 Å². The first-order valence-electron chi connectivity index (χ1n) is 4.96. The molecule has 0 aromatic carbocycles. The first-order valence-corrected chi connectivity index (χ1v) is 5.71. The van der Waals surface area contributed by atoms with Gasteiger partial charge in [0.15, 0.2) is 11.6 Å². The predicted molar refractivity (Wildman–Crippen MR) is 68.4 cm³/mol. The van der Waals surface area contributed by atoms with E-state index in [2.05, 4.69) is 25.9 Å². The molecule has 0 radical (unpaired) electrons. The second-order valence-electron chi connectivity index (χ2n) is 3.38. The number of hydrogen-bond acceptors (Lipinski definition) is 7. The molecule has 2 heterocycles. The lowest BCUT2D eigenvalue weighted by molar-refractivity contribution is 0.388. The number of nitrogen functional groups attached to an aromatic ring is 1. The summed E-state index contributed by atoms with van der Waals surface area (Å²) in [5.74, 6) is 7.02. The number of pyridine rings is 1. The van der Waals surface area contributed by atoms with Gasteiger partial charge in [0.1, 0.15) is 5.82 Å². The van der Waals surface area contributed by atoms with E-state index < -0.39 is 0 Å². The summed E-state index contributed by atoms with van der Waals surface area (Å²) < 4.78 is 4.84. The molecule has 0 amide bonds. The number of nitrogens with two attached hydrogens (primary N) is 1. The molecule has 0 unspecified atom stereocenters. The molecule has 18 heavy (non-hydrogen) atoms. The lowest BCUT2D eigenvalue weighted by atomic mass is 10.4. The van der Waals surface area contributed by atoms with Crippen molar-refractivity contribution in [2.45, 2.75) is 13.5 Å². The summed E-state index contributed by atoms with van der Waals surface area (Å²) in [6, 6.07) is 1.54. The van der Waals surface area contributed by atoms with Crippen LogP contribution in [0.25, 0.3) is 0 Å². The Kier molecular flexibility index (Phi) is 3.85. The Morgan fingerprint density at radius 1 is 1.28 bits per heavy atom. The summed E-state index contributed by atoms with van der Waals surface area (Å²) in [5, 5.41) is 7.41. The highest BCUT2D eigenvalue weighted by Crippen LogP contribution is 2.28. The van der Waals surface area contributed by atoms with Gasteiger partial charge in [-0.05, 0) is 6.07 Å². The first-order chi connectivity index (χ1) is 8.60. The zero-order valence-corrected chi connectivity index (χ0v) is 10.9. The fourth-order valence-corrected chi connectivity index (χ4v) is 1.75. The highest BCUT2D eigenvalue weighted by Gasteiger charge is 2.09. The molecule has 0 spiro atoms. The van der Waals surface area contributed by atoms with Gasteiger partial charge in [0.05, 0.1) is 16.6 Å². The number of halogens is 2. The Hall–Kier alpha value is -1.57. The van der Waals surface area contributed by atoms with E-state index in [-0.39, 0.29) is 0 Å². The average Bonchev–Trinajstić information content (AvgIpc) is 2.74. The number of nitrogens with zero attached hydrogens (tertiary/aromatic N) is 3. The zero-order valence-electron chi connectivity index (χ0n) is 9.37. The minimum atomic E-state index is 0.327. The lowest BCUT2D eigenvalue weighted by Crippen LogP contribution is -2.11. The van der Waals surface area contributed by atoms with Crippen molar-refractivity contribution in [3.63, 3.8) is 0 Å². The van der Waals surface area contributed by atoms with Gasteiger partial charge in [0.2, 0.25) is 5.89 Å². The van der Waals surface area contributed by atoms with Crippen molar-refractivity contribution >= 4 is 34.8 Å². The number of aromatic nitrogens is 3. The van der Waals surface area contributed by atoms with Gasteiger partial charge in [-0.3, -0.25) is 0 Å². The molecule has 0 bridgehead atoms. The van der Waals surface area contributed by atoms with Crippen LogP contribution < -0.4 is 16.6 Å². The highest BCUT2D eigenvalue weighted by molar-refractivity contribution is 6.37. The second-order valence-corrected chi connectivity index (χ2v) is 4.19. The summed E-state index contributed by atoms with van der Waals surface area (Å²) in [7, 11) is 0. The maximum Gasteiger partial charge on any atom is 0.223 e. The molecule has 96 valence electrons. The van der Waals surface area contributed by atoms with Crippen LogP contribution in [0.5, 0.6) is 0 Å². The molecule has 4 N–H and O–H groups in total. The molecule has 0 saturated carbocycles. The van der Waals surface area contributed by atoms with Crippen molar-refractivity contribution in [3.8, 4) is 0 Å². The molecule has 2 rings (SSSR count). The molecule has 7 nitrogen and oxygen atoms in total. The van der Waals surface area contributed by atoms with Gasteiger partial charge in [0, 0.05) is 6.92 Å². The molecular formula is C9H10Cl2N6O. The van der Waals surface area contributed by atoms with E-state index >= 15 is 0 Å². The van der Waals surface area contributed by atoms with Crippen molar-refractivity contribution in [2.24, 2.45) is 5.84 Å². The van der Waals surface area contributed by atoms with E-state index in [1.165, 1.54) is 6.07 Å². The third-order valence-electron chi connectivity index (χ3n) is 2.05. The van der Waals surface area contributed by atoms with Gasteiger partial charge in [-0.25, -0.2) is 10.8 Å². The van der Waals surface area contributed by atoms with Crippen LogP contribution in [0.3, 0.4) is 0 Å². The number of hydrogen-bond donors (Lipinski definition) is 3. The highest BCUT2D eigenvalue weighted by atomic mass is 35.5. The van der Waals surface area contributed by atoms with Crippen LogP contribution in [0.15, 0.2) is 10.6 Å². The summed E-state index contributed by atoms with van der Waals surface area (Å²) in [4.78, 5) is 8.15. The maximum absolute atomic E-state index is 5.99. The number of rotatable bonds is 4. The molecule has 0 atom stereocenters. The normalized spacial score (nSPS) is 10.4. The van der Waals surface area contributed by atoms with Crippen LogP contribution in [-0.2, 0) is 6.54 Å². The van der Waals surface area contributed by atoms with E-state index in [4.69, 9.17) is 33.6 Å². The number of anilines is 2. The topological polar surface area (TPSA) is 102 Å². The number of hydrazine groups is 1. The third kappa shape index (κ3) is 2.81. The molecule has 0 aliphatic carbocycles. The van der Waals surface area contributed by atoms with Crippen molar-refractivity contribution in [1.82, 2.24) is 15.1 Å². The molecule has 9 heteroatoms. The van der Waals surface area contributed by atoms with E-state index in [1.54, 1.807) is 6.92 Å². The first kappa shape index (κ1) is 12.9. The van der Waals surface area contributed by atoms with Crippen molar-refractivity contribution in [3.05, 3.63) is 27.8 Å². The Morgan fingerprint density at radius 2 is 2.00 bits per heavy atom. The Bertz CT molecular complexity index is 558.